The molecule has 2 aromatic carbocycles. The summed E-state index contributed by atoms with van der Waals surface area (Å²) < 4.78 is 16.2. The van der Waals surface area contributed by atoms with Crippen LogP contribution in [0.2, 0.25) is 0 Å². The second kappa shape index (κ2) is 10.2. The molecule has 0 aliphatic rings. The summed E-state index contributed by atoms with van der Waals surface area (Å²) in [5, 5.41) is 5.14. The topological polar surface area (TPSA) is 85.9 Å². The molecule has 27 heavy (non-hydrogen) atoms. The Hall–Kier alpha value is -3.06. The van der Waals surface area contributed by atoms with Gasteiger partial charge in [0.25, 0.3) is 0 Å². The molecular formula is C20H24N2O5. The first-order valence-corrected chi connectivity index (χ1v) is 8.57. The fourth-order valence-corrected chi connectivity index (χ4v) is 2.55. The molecule has 0 radical (unpaired) electrons. The third-order valence-electron chi connectivity index (χ3n) is 3.86. The van der Waals surface area contributed by atoms with Gasteiger partial charge in [0.15, 0.2) is 0 Å². The number of hydrogen-bond acceptors (Lipinski definition) is 5. The monoisotopic (exact) mass is 372 g/mol. The molecule has 0 aliphatic carbocycles. The van der Waals surface area contributed by atoms with E-state index in [1.165, 1.54) is 7.11 Å². The maximum Gasteiger partial charge on any atom is 0.313 e. The number of ether oxygens (including phenoxy) is 3. The summed E-state index contributed by atoms with van der Waals surface area (Å²) in [6, 6.07) is 14.3. The molecule has 7 heteroatoms. The highest BCUT2D eigenvalue weighted by Gasteiger charge is 2.20. The van der Waals surface area contributed by atoms with Crippen LogP contribution < -0.4 is 20.1 Å². The summed E-state index contributed by atoms with van der Waals surface area (Å²) in [6.45, 7) is 2.41. The highest BCUT2D eigenvalue weighted by Crippen LogP contribution is 2.26. The van der Waals surface area contributed by atoms with Crippen molar-refractivity contribution >= 4 is 17.5 Å². The highest BCUT2D eigenvalue weighted by atomic mass is 16.5. The Labute approximate surface area is 158 Å². The second-order valence-electron chi connectivity index (χ2n) is 5.56. The minimum absolute atomic E-state index is 0.121. The van der Waals surface area contributed by atoms with Gasteiger partial charge in [0.1, 0.15) is 17.6 Å². The first kappa shape index (κ1) is 20.3. The van der Waals surface area contributed by atoms with Gasteiger partial charge < -0.3 is 24.8 Å². The van der Waals surface area contributed by atoms with Crippen molar-refractivity contribution in [3.05, 3.63) is 54.1 Å². The average molecular weight is 372 g/mol. The van der Waals surface area contributed by atoms with Crippen molar-refractivity contribution in [3.63, 3.8) is 0 Å². The van der Waals surface area contributed by atoms with Gasteiger partial charge >= 0.3 is 11.8 Å². The number of anilines is 1. The minimum Gasteiger partial charge on any atom is -0.496 e. The van der Waals surface area contributed by atoms with Crippen molar-refractivity contribution in [2.45, 2.75) is 13.0 Å². The van der Waals surface area contributed by atoms with Crippen LogP contribution in [0.15, 0.2) is 48.5 Å². The molecule has 1 atom stereocenters. The number of amides is 2. The van der Waals surface area contributed by atoms with E-state index in [-0.39, 0.29) is 6.54 Å². The lowest BCUT2D eigenvalue weighted by molar-refractivity contribution is -0.136. The van der Waals surface area contributed by atoms with E-state index in [0.717, 1.165) is 5.56 Å². The second-order valence-corrected chi connectivity index (χ2v) is 5.56. The van der Waals surface area contributed by atoms with Gasteiger partial charge in [-0.2, -0.15) is 0 Å². The Morgan fingerprint density at radius 2 is 1.63 bits per heavy atom. The van der Waals surface area contributed by atoms with E-state index in [9.17, 15) is 9.59 Å². The van der Waals surface area contributed by atoms with Gasteiger partial charge in [-0.25, -0.2) is 0 Å². The van der Waals surface area contributed by atoms with Crippen LogP contribution in [0.4, 0.5) is 5.69 Å². The zero-order chi connectivity index (χ0) is 19.6. The van der Waals surface area contributed by atoms with Crippen molar-refractivity contribution in [2.75, 3.05) is 32.7 Å². The molecule has 0 saturated carbocycles. The van der Waals surface area contributed by atoms with Crippen LogP contribution in [0, 0.1) is 0 Å². The highest BCUT2D eigenvalue weighted by molar-refractivity contribution is 6.39. The first-order valence-electron chi connectivity index (χ1n) is 8.57. The molecule has 0 aliphatic heterocycles. The number of benzene rings is 2. The molecule has 0 saturated heterocycles. The first-order chi connectivity index (χ1) is 13.1. The summed E-state index contributed by atoms with van der Waals surface area (Å²) in [5.41, 5.74) is 1.22. The van der Waals surface area contributed by atoms with Crippen LogP contribution in [-0.2, 0) is 14.3 Å². The van der Waals surface area contributed by atoms with Gasteiger partial charge in [-0.3, -0.25) is 9.59 Å². The largest absolute Gasteiger partial charge is 0.496 e. The number of methoxy groups -OCH3 is 2. The molecule has 7 nitrogen and oxygen atoms in total. The van der Waals surface area contributed by atoms with Gasteiger partial charge in [0.05, 0.1) is 19.4 Å². The van der Waals surface area contributed by atoms with E-state index in [2.05, 4.69) is 10.6 Å². The normalized spacial score (nSPS) is 11.4. The third-order valence-corrected chi connectivity index (χ3v) is 3.86. The van der Waals surface area contributed by atoms with E-state index in [1.54, 1.807) is 37.4 Å². The van der Waals surface area contributed by atoms with Crippen LogP contribution in [-0.4, -0.2) is 39.2 Å². The smallest absolute Gasteiger partial charge is 0.313 e. The average Bonchev–Trinajstić information content (AvgIpc) is 2.70. The Morgan fingerprint density at radius 1 is 0.963 bits per heavy atom. The molecule has 2 rings (SSSR count). The SMILES string of the molecule is CCOc1ccccc1NC(=O)C(=O)NCC(OC)c1ccccc1OC. The maximum absolute atomic E-state index is 12.2. The van der Waals surface area contributed by atoms with Gasteiger partial charge in [0, 0.05) is 19.2 Å². The fourth-order valence-electron chi connectivity index (χ4n) is 2.55. The Kier molecular flexibility index (Phi) is 7.63. The lowest BCUT2D eigenvalue weighted by Crippen LogP contribution is -2.38. The van der Waals surface area contributed by atoms with E-state index in [4.69, 9.17) is 14.2 Å². The summed E-state index contributed by atoms with van der Waals surface area (Å²) in [5.74, 6) is -0.395. The molecule has 0 bridgehead atoms. The predicted molar refractivity (Wildman–Crippen MR) is 102 cm³/mol. The van der Waals surface area contributed by atoms with Gasteiger partial charge in [0.2, 0.25) is 0 Å². The Morgan fingerprint density at radius 3 is 2.30 bits per heavy atom. The minimum atomic E-state index is -0.781. The third kappa shape index (κ3) is 5.46. The van der Waals surface area contributed by atoms with E-state index >= 15 is 0 Å². The molecular weight excluding hydrogens is 348 g/mol. The Bertz CT molecular complexity index is 778. The molecule has 2 aromatic rings. The number of hydrogen-bond donors (Lipinski definition) is 2. The number of carbonyl (C=O) groups is 2. The molecule has 144 valence electrons. The molecule has 0 fully saturated rings. The molecule has 0 spiro atoms. The van der Waals surface area contributed by atoms with Gasteiger partial charge in [-0.15, -0.1) is 0 Å². The van der Waals surface area contributed by atoms with Crippen LogP contribution in [0.25, 0.3) is 0 Å². The van der Waals surface area contributed by atoms with Crippen LogP contribution in [0.3, 0.4) is 0 Å². The number of rotatable bonds is 8. The lowest BCUT2D eigenvalue weighted by Gasteiger charge is -2.19. The van der Waals surface area contributed by atoms with Crippen molar-refractivity contribution < 1.29 is 23.8 Å². The molecule has 0 aromatic heterocycles. The predicted octanol–water partition coefficient (Wildman–Crippen LogP) is 2.54. The van der Waals surface area contributed by atoms with Crippen molar-refractivity contribution in [2.24, 2.45) is 0 Å². The molecule has 1 unspecified atom stereocenters. The van der Waals surface area contributed by atoms with Crippen LogP contribution >= 0.6 is 0 Å². The van der Waals surface area contributed by atoms with Gasteiger partial charge in [-0.1, -0.05) is 30.3 Å². The van der Waals surface area contributed by atoms with E-state index in [1.807, 2.05) is 25.1 Å². The van der Waals surface area contributed by atoms with Gasteiger partial charge in [-0.05, 0) is 25.1 Å². The summed E-state index contributed by atoms with van der Waals surface area (Å²) in [4.78, 5) is 24.4. The van der Waals surface area contributed by atoms with E-state index in [0.29, 0.717) is 23.8 Å². The van der Waals surface area contributed by atoms with Crippen LogP contribution in [0.5, 0.6) is 11.5 Å². The fraction of sp³-hybridized carbons (Fsp3) is 0.300. The van der Waals surface area contributed by atoms with Crippen molar-refractivity contribution in [1.82, 2.24) is 5.32 Å². The zero-order valence-electron chi connectivity index (χ0n) is 15.7. The van der Waals surface area contributed by atoms with Crippen molar-refractivity contribution in [1.29, 1.82) is 0 Å². The molecule has 2 amide bonds. The number of para-hydroxylation sites is 3. The molecule has 2 N–H and O–H groups in total. The van der Waals surface area contributed by atoms with Crippen LogP contribution in [0.1, 0.15) is 18.6 Å². The summed E-state index contributed by atoms with van der Waals surface area (Å²) in [7, 11) is 3.09. The molecule has 0 heterocycles. The van der Waals surface area contributed by atoms with Crippen molar-refractivity contribution in [3.8, 4) is 11.5 Å². The maximum atomic E-state index is 12.2. The summed E-state index contributed by atoms with van der Waals surface area (Å²) in [6.07, 6.45) is -0.450. The Balaban J connectivity index is 1.99. The lowest BCUT2D eigenvalue weighted by atomic mass is 10.1. The summed E-state index contributed by atoms with van der Waals surface area (Å²) >= 11 is 0. The number of nitrogens with one attached hydrogen (secondary N) is 2. The standard InChI is InChI=1S/C20H24N2O5/c1-4-27-17-12-8-6-10-15(17)22-20(24)19(23)21-13-18(26-3)14-9-5-7-11-16(14)25-2/h5-12,18H,4,13H2,1-3H3,(H,21,23)(H,22,24). The van der Waals surface area contributed by atoms with E-state index < -0.39 is 17.9 Å². The number of carbonyl (C=O) groups excluding carboxylic acids is 2. The zero-order valence-corrected chi connectivity index (χ0v) is 15.7. The quantitative estimate of drug-likeness (QED) is 0.696.